The smallest absolute Gasteiger partial charge is 0.416 e. The molecule has 0 radical (unpaired) electrons. The van der Waals surface area contributed by atoms with Crippen molar-refractivity contribution in [2.24, 2.45) is 0 Å². The molecule has 6 heteroatoms. The molecule has 150 valence electrons. The summed E-state index contributed by atoms with van der Waals surface area (Å²) in [6.45, 7) is 0. The van der Waals surface area contributed by atoms with Crippen molar-refractivity contribution < 1.29 is 27.5 Å². The second-order valence-electron chi connectivity index (χ2n) is 6.80. The fourth-order valence-electron chi connectivity index (χ4n) is 3.38. The number of carbonyl (C=O) groups is 2. The Balaban J connectivity index is 1.63. The van der Waals surface area contributed by atoms with Crippen LogP contribution >= 0.6 is 0 Å². The number of hydrogen-bond donors (Lipinski definition) is 0. The largest absolute Gasteiger partial charge is 0.422 e. The number of rotatable bonds is 3. The maximum atomic E-state index is 13.2. The molecule has 0 amide bonds. The van der Waals surface area contributed by atoms with Gasteiger partial charge in [-0.1, -0.05) is 72.8 Å². The van der Waals surface area contributed by atoms with Crippen LogP contribution in [0.15, 0.2) is 84.6 Å². The molecule has 1 heterocycles. The van der Waals surface area contributed by atoms with Gasteiger partial charge in [-0.2, -0.15) is 13.2 Å². The molecule has 0 aromatic heterocycles. The van der Waals surface area contributed by atoms with Crippen molar-refractivity contribution in [3.8, 4) is 11.1 Å². The topological polar surface area (TPSA) is 43.4 Å². The van der Waals surface area contributed by atoms with Gasteiger partial charge in [-0.15, -0.1) is 0 Å². The van der Waals surface area contributed by atoms with E-state index < -0.39 is 35.2 Å². The van der Waals surface area contributed by atoms with Gasteiger partial charge in [-0.3, -0.25) is 9.59 Å². The Bertz CT molecular complexity index is 1130. The van der Waals surface area contributed by atoms with E-state index in [1.54, 1.807) is 24.3 Å². The molecule has 1 atom stereocenters. The molecule has 1 saturated heterocycles. The van der Waals surface area contributed by atoms with E-state index in [0.29, 0.717) is 5.56 Å². The van der Waals surface area contributed by atoms with Crippen LogP contribution in [0.3, 0.4) is 0 Å². The molecular formula is C24H15F3O3. The molecule has 3 nitrogen and oxygen atoms in total. The number of Topliss-reactive ketones (excluding diaryl/α,β-unsaturated/α-hetero) is 1. The van der Waals surface area contributed by atoms with Gasteiger partial charge in [0.1, 0.15) is 5.92 Å². The summed E-state index contributed by atoms with van der Waals surface area (Å²) in [5.74, 6) is -3.06. The van der Waals surface area contributed by atoms with Crippen LogP contribution in [0.4, 0.5) is 13.2 Å². The Morgan fingerprint density at radius 1 is 0.767 bits per heavy atom. The fraction of sp³-hybridized carbons (Fsp3) is 0.0833. The molecule has 1 unspecified atom stereocenters. The standard InChI is InChI=1S/C24H15F3O3/c25-24(26,27)19-9-5-4-8-18(19)14-20-22(28)21(23(29)30-20)17-12-10-16(11-13-17)15-6-2-1-3-7-15/h1-14,21H. The summed E-state index contributed by atoms with van der Waals surface area (Å²) >= 11 is 0. The normalized spacial score (nSPS) is 18.0. The highest BCUT2D eigenvalue weighted by Gasteiger charge is 2.41. The van der Waals surface area contributed by atoms with E-state index in [-0.39, 0.29) is 5.56 Å². The molecule has 4 rings (SSSR count). The van der Waals surface area contributed by atoms with E-state index in [1.807, 2.05) is 30.3 Å². The number of ether oxygens (including phenoxy) is 1. The van der Waals surface area contributed by atoms with Crippen molar-refractivity contribution in [1.82, 2.24) is 0 Å². The van der Waals surface area contributed by atoms with Crippen LogP contribution in [0.2, 0.25) is 0 Å². The van der Waals surface area contributed by atoms with Crippen LogP contribution in [-0.4, -0.2) is 11.8 Å². The molecule has 3 aromatic carbocycles. The predicted molar refractivity (Wildman–Crippen MR) is 105 cm³/mol. The van der Waals surface area contributed by atoms with Gasteiger partial charge in [0.15, 0.2) is 5.76 Å². The van der Waals surface area contributed by atoms with Gasteiger partial charge in [-0.05, 0) is 34.4 Å². The molecule has 1 aliphatic rings. The maximum absolute atomic E-state index is 13.2. The molecule has 1 aliphatic heterocycles. The Morgan fingerprint density at radius 3 is 2.03 bits per heavy atom. The molecule has 0 saturated carbocycles. The molecular weight excluding hydrogens is 393 g/mol. The third-order valence-corrected chi connectivity index (χ3v) is 4.86. The zero-order valence-corrected chi connectivity index (χ0v) is 15.5. The lowest BCUT2D eigenvalue weighted by Gasteiger charge is -2.10. The first-order valence-electron chi connectivity index (χ1n) is 9.14. The number of benzene rings is 3. The van der Waals surface area contributed by atoms with Crippen molar-refractivity contribution in [1.29, 1.82) is 0 Å². The molecule has 0 spiro atoms. The van der Waals surface area contributed by atoms with Crippen molar-refractivity contribution in [2.75, 3.05) is 0 Å². The predicted octanol–water partition coefficient (Wildman–Crippen LogP) is 5.62. The van der Waals surface area contributed by atoms with Gasteiger partial charge in [0.25, 0.3) is 0 Å². The van der Waals surface area contributed by atoms with Crippen LogP contribution in [0.1, 0.15) is 22.6 Å². The number of halogens is 3. The molecule has 30 heavy (non-hydrogen) atoms. The maximum Gasteiger partial charge on any atom is 0.416 e. The average molecular weight is 408 g/mol. The van der Waals surface area contributed by atoms with Gasteiger partial charge in [0.2, 0.25) is 5.78 Å². The highest BCUT2D eigenvalue weighted by atomic mass is 19.4. The van der Waals surface area contributed by atoms with Crippen molar-refractivity contribution in [3.63, 3.8) is 0 Å². The van der Waals surface area contributed by atoms with Crippen LogP contribution in [0.25, 0.3) is 17.2 Å². The molecule has 1 fully saturated rings. The lowest BCUT2D eigenvalue weighted by molar-refractivity contribution is -0.138. The van der Waals surface area contributed by atoms with E-state index in [4.69, 9.17) is 4.74 Å². The average Bonchev–Trinajstić information content (AvgIpc) is 3.01. The molecule has 3 aromatic rings. The Kier molecular flexibility index (Phi) is 4.99. The first kappa shape index (κ1) is 19.6. The monoisotopic (exact) mass is 408 g/mol. The third-order valence-electron chi connectivity index (χ3n) is 4.86. The Morgan fingerprint density at radius 2 is 1.37 bits per heavy atom. The SMILES string of the molecule is O=C1OC(=Cc2ccccc2C(F)(F)F)C(=O)C1c1ccc(-c2ccccc2)cc1. The Hall–Kier alpha value is -3.67. The van der Waals surface area contributed by atoms with E-state index in [2.05, 4.69) is 0 Å². The van der Waals surface area contributed by atoms with Gasteiger partial charge in [-0.25, -0.2) is 0 Å². The summed E-state index contributed by atoms with van der Waals surface area (Å²) in [4.78, 5) is 25.1. The van der Waals surface area contributed by atoms with Crippen LogP contribution in [0, 0.1) is 0 Å². The summed E-state index contributed by atoms with van der Waals surface area (Å²) in [5, 5.41) is 0. The van der Waals surface area contributed by atoms with Gasteiger partial charge in [0, 0.05) is 0 Å². The second-order valence-corrected chi connectivity index (χ2v) is 6.80. The number of esters is 1. The summed E-state index contributed by atoms with van der Waals surface area (Å²) in [6, 6.07) is 21.2. The first-order valence-corrected chi connectivity index (χ1v) is 9.14. The van der Waals surface area contributed by atoms with Crippen molar-refractivity contribution >= 4 is 17.8 Å². The van der Waals surface area contributed by atoms with Gasteiger partial charge < -0.3 is 4.74 Å². The number of allylic oxidation sites excluding steroid dienone is 1. The van der Waals surface area contributed by atoms with E-state index >= 15 is 0 Å². The fourth-order valence-corrected chi connectivity index (χ4v) is 3.38. The number of ketones is 1. The summed E-state index contributed by atoms with van der Waals surface area (Å²) < 4.78 is 44.6. The van der Waals surface area contributed by atoms with Gasteiger partial charge >= 0.3 is 12.1 Å². The number of alkyl halides is 3. The second kappa shape index (κ2) is 7.63. The van der Waals surface area contributed by atoms with Crippen LogP contribution < -0.4 is 0 Å². The summed E-state index contributed by atoms with van der Waals surface area (Å²) in [6.07, 6.45) is -3.62. The van der Waals surface area contributed by atoms with E-state index in [1.165, 1.54) is 18.2 Å². The van der Waals surface area contributed by atoms with Crippen LogP contribution in [-0.2, 0) is 20.5 Å². The highest BCUT2D eigenvalue weighted by molar-refractivity contribution is 6.19. The lowest BCUT2D eigenvalue weighted by atomic mass is 9.93. The number of hydrogen-bond acceptors (Lipinski definition) is 3. The summed E-state index contributed by atoms with van der Waals surface area (Å²) in [7, 11) is 0. The third kappa shape index (κ3) is 3.76. The number of cyclic esters (lactones) is 1. The van der Waals surface area contributed by atoms with E-state index in [0.717, 1.165) is 23.3 Å². The van der Waals surface area contributed by atoms with Crippen molar-refractivity contribution in [3.05, 3.63) is 101 Å². The van der Waals surface area contributed by atoms with Gasteiger partial charge in [0.05, 0.1) is 5.56 Å². The summed E-state index contributed by atoms with van der Waals surface area (Å²) in [5.41, 5.74) is 1.18. The van der Waals surface area contributed by atoms with Crippen LogP contribution in [0.5, 0.6) is 0 Å². The molecule has 0 bridgehead atoms. The Labute approximate surface area is 170 Å². The van der Waals surface area contributed by atoms with E-state index in [9.17, 15) is 22.8 Å². The lowest BCUT2D eigenvalue weighted by Crippen LogP contribution is -2.12. The van der Waals surface area contributed by atoms with Crippen molar-refractivity contribution in [2.45, 2.75) is 12.1 Å². The molecule has 0 aliphatic carbocycles. The zero-order valence-electron chi connectivity index (χ0n) is 15.5. The number of carbonyl (C=O) groups excluding carboxylic acids is 2. The first-order chi connectivity index (χ1) is 14.3. The minimum Gasteiger partial charge on any atom is -0.422 e. The quantitative estimate of drug-likeness (QED) is 0.321. The zero-order chi connectivity index (χ0) is 21.3. The molecule has 0 N–H and O–H groups in total. The minimum absolute atomic E-state index is 0.235. The minimum atomic E-state index is -4.59. The highest BCUT2D eigenvalue weighted by Crippen LogP contribution is 2.36.